The quantitative estimate of drug-likeness (QED) is 0.499. The van der Waals surface area contributed by atoms with Crippen molar-refractivity contribution in [2.24, 2.45) is 0 Å². The minimum atomic E-state index is 0.0632. The molecule has 1 amide bonds. The summed E-state index contributed by atoms with van der Waals surface area (Å²) in [6.07, 6.45) is 2.16. The lowest BCUT2D eigenvalue weighted by atomic mass is 10.1. The second-order valence-corrected chi connectivity index (χ2v) is 9.03. The Kier molecular flexibility index (Phi) is 7.44. The highest BCUT2D eigenvalue weighted by Crippen LogP contribution is 2.21. The number of carbonyl (C=O) groups is 1. The number of rotatable bonds is 9. The Morgan fingerprint density at radius 1 is 1.16 bits per heavy atom. The predicted molar refractivity (Wildman–Crippen MR) is 128 cm³/mol. The molecule has 4 rings (SSSR count). The van der Waals surface area contributed by atoms with Crippen molar-refractivity contribution in [3.63, 3.8) is 0 Å². The van der Waals surface area contributed by atoms with Crippen LogP contribution >= 0.6 is 11.8 Å². The van der Waals surface area contributed by atoms with Gasteiger partial charge in [0.25, 0.3) is 0 Å². The van der Waals surface area contributed by atoms with Gasteiger partial charge >= 0.3 is 0 Å². The van der Waals surface area contributed by atoms with Crippen LogP contribution in [0.15, 0.2) is 59.8 Å². The normalized spacial score (nSPS) is 15.6. The maximum absolute atomic E-state index is 13.1. The predicted octanol–water partition coefficient (Wildman–Crippen LogP) is 3.84. The first-order valence-electron chi connectivity index (χ1n) is 10.8. The Morgan fingerprint density at radius 3 is 2.62 bits per heavy atom. The second kappa shape index (κ2) is 10.7. The van der Waals surface area contributed by atoms with Crippen LogP contribution in [0.25, 0.3) is 11.4 Å². The number of amides is 1. The Bertz CT molecular complexity index is 1000. The number of benzene rings is 2. The molecule has 2 aromatic carbocycles. The first-order valence-corrected chi connectivity index (χ1v) is 11.8. The van der Waals surface area contributed by atoms with Gasteiger partial charge in [0.2, 0.25) is 11.1 Å². The van der Waals surface area contributed by atoms with E-state index in [4.69, 9.17) is 4.74 Å². The molecule has 0 aliphatic carbocycles. The van der Waals surface area contributed by atoms with Crippen LogP contribution in [0.2, 0.25) is 0 Å². The molecule has 1 atom stereocenters. The van der Waals surface area contributed by atoms with E-state index in [9.17, 15) is 4.79 Å². The Labute approximate surface area is 193 Å². The molecular weight excluding hydrogens is 422 g/mol. The first kappa shape index (κ1) is 22.4. The molecule has 32 heavy (non-hydrogen) atoms. The zero-order valence-electron chi connectivity index (χ0n) is 18.5. The summed E-state index contributed by atoms with van der Waals surface area (Å²) >= 11 is 1.36. The summed E-state index contributed by atoms with van der Waals surface area (Å²) in [5.74, 6) is 1.06. The van der Waals surface area contributed by atoms with Gasteiger partial charge in [0.05, 0.1) is 11.9 Å². The van der Waals surface area contributed by atoms with Crippen molar-refractivity contribution in [1.29, 1.82) is 0 Å². The fourth-order valence-corrected chi connectivity index (χ4v) is 4.36. The molecule has 1 aromatic heterocycles. The highest BCUT2D eigenvalue weighted by atomic mass is 32.2. The number of anilines is 1. The van der Waals surface area contributed by atoms with Crippen LogP contribution in [0.5, 0.6) is 0 Å². The van der Waals surface area contributed by atoms with Gasteiger partial charge in [-0.25, -0.2) is 4.98 Å². The number of aromatic nitrogens is 3. The topological polar surface area (TPSA) is 74.3 Å². The van der Waals surface area contributed by atoms with Gasteiger partial charge in [0.1, 0.15) is 0 Å². The summed E-state index contributed by atoms with van der Waals surface area (Å²) in [6.45, 7) is 1.95. The first-order chi connectivity index (χ1) is 15.6. The fraction of sp³-hybridized carbons (Fsp3) is 0.375. The minimum Gasteiger partial charge on any atom is -0.378 e. The highest BCUT2D eigenvalue weighted by Gasteiger charge is 2.23. The van der Waals surface area contributed by atoms with Crippen molar-refractivity contribution in [3.8, 4) is 11.4 Å². The lowest BCUT2D eigenvalue weighted by Gasteiger charge is -2.25. The van der Waals surface area contributed by atoms with Gasteiger partial charge in [-0.1, -0.05) is 54.2 Å². The monoisotopic (exact) mass is 451 g/mol. The molecule has 0 spiro atoms. The van der Waals surface area contributed by atoms with Gasteiger partial charge < -0.3 is 14.5 Å². The molecule has 1 N–H and O–H groups in total. The molecule has 8 heteroatoms. The molecule has 1 fully saturated rings. The number of carbonyl (C=O) groups excluding carboxylic acids is 1. The molecule has 0 unspecified atom stereocenters. The lowest BCUT2D eigenvalue weighted by molar-refractivity contribution is -0.130. The number of hydrogen-bond donors (Lipinski definition) is 1. The third kappa shape index (κ3) is 5.89. The van der Waals surface area contributed by atoms with Crippen molar-refractivity contribution in [1.82, 2.24) is 20.1 Å². The SMILES string of the molecule is CN(C)c1ccc(CN(C[C@H]2CCCO2)C(=O)CSc2n[nH]c(-c3ccccc3)n2)cc1. The van der Waals surface area contributed by atoms with Crippen molar-refractivity contribution in [2.45, 2.75) is 30.6 Å². The molecule has 1 aliphatic heterocycles. The Hall–Kier alpha value is -2.84. The maximum Gasteiger partial charge on any atom is 0.233 e. The van der Waals surface area contributed by atoms with Crippen LogP contribution in [0, 0.1) is 0 Å². The van der Waals surface area contributed by atoms with Crippen LogP contribution in [0.1, 0.15) is 18.4 Å². The number of H-pyrrole nitrogens is 1. The van der Waals surface area contributed by atoms with Crippen molar-refractivity contribution in [2.75, 3.05) is 37.9 Å². The van der Waals surface area contributed by atoms with E-state index in [1.54, 1.807) is 0 Å². The minimum absolute atomic E-state index is 0.0632. The molecule has 1 aliphatic rings. The summed E-state index contributed by atoms with van der Waals surface area (Å²) in [6, 6.07) is 18.2. The van der Waals surface area contributed by atoms with Crippen molar-refractivity contribution in [3.05, 3.63) is 60.2 Å². The van der Waals surface area contributed by atoms with Crippen LogP contribution < -0.4 is 4.90 Å². The Balaban J connectivity index is 1.40. The van der Waals surface area contributed by atoms with Gasteiger partial charge in [0, 0.05) is 45.0 Å². The molecule has 3 aromatic rings. The van der Waals surface area contributed by atoms with Crippen LogP contribution in [-0.2, 0) is 16.1 Å². The van der Waals surface area contributed by atoms with Gasteiger partial charge in [-0.2, -0.15) is 0 Å². The standard InChI is InChI=1S/C24H29N5O2S/c1-28(2)20-12-10-18(11-13-20)15-29(16-21-9-6-14-31-21)22(30)17-32-24-25-23(26-27-24)19-7-4-3-5-8-19/h3-5,7-8,10-13,21H,6,9,14-17H2,1-2H3,(H,25,26,27)/t21-/m1/s1. The summed E-state index contributed by atoms with van der Waals surface area (Å²) in [7, 11) is 4.04. The molecule has 168 valence electrons. The molecular formula is C24H29N5O2S. The van der Waals surface area contributed by atoms with Gasteiger partial charge in [-0.05, 0) is 30.5 Å². The van der Waals surface area contributed by atoms with Gasteiger partial charge in [-0.15, -0.1) is 5.10 Å². The van der Waals surface area contributed by atoms with Gasteiger partial charge in [0.15, 0.2) is 5.82 Å². The molecule has 0 bridgehead atoms. The zero-order chi connectivity index (χ0) is 22.3. The number of nitrogens with one attached hydrogen (secondary N) is 1. The van der Waals surface area contributed by atoms with Gasteiger partial charge in [-0.3, -0.25) is 9.89 Å². The Morgan fingerprint density at radius 2 is 1.94 bits per heavy atom. The summed E-state index contributed by atoms with van der Waals surface area (Å²) in [5, 5.41) is 7.79. The van der Waals surface area contributed by atoms with E-state index < -0.39 is 0 Å². The number of aromatic amines is 1. The van der Waals surface area contributed by atoms with Crippen LogP contribution in [-0.4, -0.2) is 65.1 Å². The average Bonchev–Trinajstić information content (AvgIpc) is 3.50. The fourth-order valence-electron chi connectivity index (χ4n) is 3.66. The molecule has 0 radical (unpaired) electrons. The smallest absolute Gasteiger partial charge is 0.233 e. The highest BCUT2D eigenvalue weighted by molar-refractivity contribution is 7.99. The second-order valence-electron chi connectivity index (χ2n) is 8.09. The zero-order valence-corrected chi connectivity index (χ0v) is 19.3. The van der Waals surface area contributed by atoms with E-state index in [0.717, 1.165) is 36.3 Å². The number of hydrogen-bond acceptors (Lipinski definition) is 6. The molecule has 2 heterocycles. The molecule has 0 saturated carbocycles. The lowest BCUT2D eigenvalue weighted by Crippen LogP contribution is -2.38. The van der Waals surface area contributed by atoms with E-state index in [2.05, 4.69) is 44.3 Å². The van der Waals surface area contributed by atoms with E-state index in [1.807, 2.05) is 49.3 Å². The number of nitrogens with zero attached hydrogens (tertiary/aromatic N) is 4. The van der Waals surface area contributed by atoms with E-state index >= 15 is 0 Å². The molecule has 7 nitrogen and oxygen atoms in total. The van der Waals surface area contributed by atoms with Crippen LogP contribution in [0.3, 0.4) is 0 Å². The van der Waals surface area contributed by atoms with E-state index in [1.165, 1.54) is 11.8 Å². The number of ether oxygens (including phenoxy) is 1. The summed E-state index contributed by atoms with van der Waals surface area (Å²) in [5.41, 5.74) is 3.22. The average molecular weight is 452 g/mol. The van der Waals surface area contributed by atoms with Crippen molar-refractivity contribution >= 4 is 23.4 Å². The van der Waals surface area contributed by atoms with E-state index in [-0.39, 0.29) is 17.8 Å². The van der Waals surface area contributed by atoms with E-state index in [0.29, 0.717) is 24.1 Å². The van der Waals surface area contributed by atoms with Crippen molar-refractivity contribution < 1.29 is 9.53 Å². The maximum atomic E-state index is 13.1. The summed E-state index contributed by atoms with van der Waals surface area (Å²) < 4.78 is 5.80. The molecule has 1 saturated heterocycles. The third-order valence-corrected chi connectivity index (χ3v) is 6.30. The third-order valence-electron chi connectivity index (χ3n) is 5.46. The summed E-state index contributed by atoms with van der Waals surface area (Å²) in [4.78, 5) is 21.6. The number of thioether (sulfide) groups is 1. The largest absolute Gasteiger partial charge is 0.378 e. The van der Waals surface area contributed by atoms with Crippen LogP contribution in [0.4, 0.5) is 5.69 Å².